The minimum Gasteiger partial charge on any atom is -0.383 e. The van der Waals surface area contributed by atoms with Crippen LogP contribution in [0.5, 0.6) is 0 Å². The number of fused-ring (bicyclic) bond motifs is 1. The number of ether oxygens (including phenoxy) is 1. The third-order valence-electron chi connectivity index (χ3n) is 4.60. The number of Topliss-reactive ketones (excluding diaryl/α,β-unsaturated/α-hetero) is 1. The van der Waals surface area contributed by atoms with Gasteiger partial charge in [0.1, 0.15) is 6.54 Å². The lowest BCUT2D eigenvalue weighted by Gasteiger charge is -2.15. The van der Waals surface area contributed by atoms with Gasteiger partial charge in [-0.15, -0.1) is 0 Å². The number of amides is 2. The maximum atomic E-state index is 12.5. The molecule has 1 aromatic heterocycles. The van der Waals surface area contributed by atoms with Gasteiger partial charge in [0.25, 0.3) is 11.7 Å². The fourth-order valence-electron chi connectivity index (χ4n) is 3.24. The first-order chi connectivity index (χ1) is 12.6. The Balaban J connectivity index is 1.83. The fraction of sp³-hybridized carbons (Fsp3) is 0.421. The highest BCUT2D eigenvalue weighted by molar-refractivity contribution is 6.45. The molecule has 3 rings (SSSR count). The van der Waals surface area contributed by atoms with Crippen LogP contribution in [-0.2, 0) is 20.9 Å². The average Bonchev–Trinajstić information content (AvgIpc) is 3.30. The number of nitrogens with zero attached hydrogens (tertiary/aromatic N) is 2. The van der Waals surface area contributed by atoms with Crippen molar-refractivity contribution in [2.45, 2.75) is 19.4 Å². The molecule has 0 unspecified atom stereocenters. The Morgan fingerprint density at radius 2 is 1.88 bits per heavy atom. The van der Waals surface area contributed by atoms with Crippen molar-refractivity contribution in [1.29, 1.82) is 0 Å². The van der Waals surface area contributed by atoms with E-state index >= 15 is 0 Å². The van der Waals surface area contributed by atoms with Gasteiger partial charge in [-0.25, -0.2) is 0 Å². The third-order valence-corrected chi connectivity index (χ3v) is 4.60. The zero-order valence-corrected chi connectivity index (χ0v) is 14.9. The molecule has 0 radical (unpaired) electrons. The first-order valence-corrected chi connectivity index (χ1v) is 8.79. The van der Waals surface area contributed by atoms with Crippen molar-refractivity contribution in [3.63, 3.8) is 0 Å². The molecular weight excluding hydrogens is 334 g/mol. The molecule has 0 aliphatic carbocycles. The van der Waals surface area contributed by atoms with Crippen molar-refractivity contribution >= 4 is 28.5 Å². The Hall–Kier alpha value is -2.67. The van der Waals surface area contributed by atoms with Crippen molar-refractivity contribution in [1.82, 2.24) is 14.8 Å². The number of benzene rings is 1. The summed E-state index contributed by atoms with van der Waals surface area (Å²) in [5, 5.41) is 3.22. The van der Waals surface area contributed by atoms with E-state index in [4.69, 9.17) is 4.74 Å². The second-order valence-electron chi connectivity index (χ2n) is 6.35. The predicted octanol–water partition coefficient (Wildman–Crippen LogP) is 1.21. The first kappa shape index (κ1) is 18.1. The van der Waals surface area contributed by atoms with Gasteiger partial charge in [-0.3, -0.25) is 14.4 Å². The minimum absolute atomic E-state index is 0.0341. The molecule has 1 aliphatic rings. The van der Waals surface area contributed by atoms with Crippen molar-refractivity contribution in [2.24, 2.45) is 0 Å². The molecule has 1 N–H and O–H groups in total. The summed E-state index contributed by atoms with van der Waals surface area (Å²) in [5.41, 5.74) is 1.08. The van der Waals surface area contributed by atoms with Gasteiger partial charge in [0.2, 0.25) is 5.91 Å². The number of carbonyl (C=O) groups excluding carboxylic acids is 3. The molecular formula is C19H23N3O4. The smallest absolute Gasteiger partial charge is 0.292 e. The Morgan fingerprint density at radius 3 is 2.62 bits per heavy atom. The van der Waals surface area contributed by atoms with E-state index < -0.39 is 11.7 Å². The summed E-state index contributed by atoms with van der Waals surface area (Å²) in [5.74, 6) is -1.24. The Morgan fingerprint density at radius 1 is 1.15 bits per heavy atom. The molecule has 26 heavy (non-hydrogen) atoms. The number of likely N-dealkylation sites (tertiary alicyclic amines) is 1. The maximum Gasteiger partial charge on any atom is 0.292 e. The second-order valence-corrected chi connectivity index (χ2v) is 6.35. The fourth-order valence-corrected chi connectivity index (χ4v) is 3.24. The van der Waals surface area contributed by atoms with Gasteiger partial charge < -0.3 is 19.5 Å². The van der Waals surface area contributed by atoms with Crippen LogP contribution in [-0.4, -0.2) is 60.4 Å². The van der Waals surface area contributed by atoms with Crippen LogP contribution in [0.3, 0.4) is 0 Å². The Bertz CT molecular complexity index is 821. The zero-order chi connectivity index (χ0) is 18.5. The SMILES string of the molecule is COCCNC(=O)C(=O)c1cn(CC(=O)N2CCCC2)c2ccccc12. The summed E-state index contributed by atoms with van der Waals surface area (Å²) in [6.45, 7) is 2.34. The number of carbonyl (C=O) groups is 3. The molecule has 2 heterocycles. The number of ketones is 1. The average molecular weight is 357 g/mol. The van der Waals surface area contributed by atoms with Crippen LogP contribution < -0.4 is 5.32 Å². The number of para-hydroxylation sites is 1. The van der Waals surface area contributed by atoms with Gasteiger partial charge in [-0.2, -0.15) is 0 Å². The monoisotopic (exact) mass is 357 g/mol. The number of hydrogen-bond donors (Lipinski definition) is 1. The summed E-state index contributed by atoms with van der Waals surface area (Å²) in [7, 11) is 1.53. The molecule has 7 heteroatoms. The zero-order valence-electron chi connectivity index (χ0n) is 14.9. The number of nitrogens with one attached hydrogen (secondary N) is 1. The largest absolute Gasteiger partial charge is 0.383 e. The van der Waals surface area contributed by atoms with Crippen LogP contribution in [0, 0.1) is 0 Å². The topological polar surface area (TPSA) is 80.6 Å². The number of methoxy groups -OCH3 is 1. The molecule has 0 spiro atoms. The molecule has 1 saturated heterocycles. The van der Waals surface area contributed by atoms with Crippen molar-refractivity contribution in [3.8, 4) is 0 Å². The third kappa shape index (κ3) is 3.77. The van der Waals surface area contributed by atoms with E-state index in [2.05, 4.69) is 5.32 Å². The standard InChI is InChI=1S/C19H23N3O4/c1-26-11-8-20-19(25)18(24)15-12-22(16-7-3-2-6-14(15)16)13-17(23)21-9-4-5-10-21/h2-3,6-7,12H,4-5,8-11,13H2,1H3,(H,20,25). The van der Waals surface area contributed by atoms with E-state index in [-0.39, 0.29) is 19.0 Å². The number of aromatic nitrogens is 1. The predicted molar refractivity (Wildman–Crippen MR) is 97.0 cm³/mol. The van der Waals surface area contributed by atoms with Crippen LogP contribution in [0.4, 0.5) is 0 Å². The highest BCUT2D eigenvalue weighted by Crippen LogP contribution is 2.22. The van der Waals surface area contributed by atoms with Crippen molar-refractivity contribution < 1.29 is 19.1 Å². The van der Waals surface area contributed by atoms with E-state index in [0.29, 0.717) is 17.6 Å². The van der Waals surface area contributed by atoms with Crippen molar-refractivity contribution in [3.05, 3.63) is 36.0 Å². The minimum atomic E-state index is -0.671. The normalized spacial score (nSPS) is 14.0. The van der Waals surface area contributed by atoms with Gasteiger partial charge in [0.05, 0.1) is 12.2 Å². The number of rotatable bonds is 7. The molecule has 0 atom stereocenters. The highest BCUT2D eigenvalue weighted by Gasteiger charge is 2.23. The van der Waals surface area contributed by atoms with E-state index in [9.17, 15) is 14.4 Å². The molecule has 2 aromatic rings. The quantitative estimate of drug-likeness (QED) is 0.459. The summed E-state index contributed by atoms with van der Waals surface area (Å²) in [6, 6.07) is 7.31. The van der Waals surface area contributed by atoms with E-state index in [1.165, 1.54) is 7.11 Å². The molecule has 1 aromatic carbocycles. The van der Waals surface area contributed by atoms with Gasteiger partial charge in [-0.1, -0.05) is 18.2 Å². The molecule has 0 saturated carbocycles. The molecule has 1 aliphatic heterocycles. The van der Waals surface area contributed by atoms with Crippen LogP contribution in [0.25, 0.3) is 10.9 Å². The van der Waals surface area contributed by atoms with Gasteiger partial charge in [0, 0.05) is 43.8 Å². The summed E-state index contributed by atoms with van der Waals surface area (Å²) in [6.07, 6.45) is 3.67. The van der Waals surface area contributed by atoms with Crippen LogP contribution in [0.15, 0.2) is 30.5 Å². The lowest BCUT2D eigenvalue weighted by atomic mass is 10.1. The lowest BCUT2D eigenvalue weighted by molar-refractivity contribution is -0.130. The molecule has 138 valence electrons. The Labute approximate surface area is 151 Å². The molecule has 0 bridgehead atoms. The van der Waals surface area contributed by atoms with Crippen LogP contribution >= 0.6 is 0 Å². The molecule has 7 nitrogen and oxygen atoms in total. The van der Waals surface area contributed by atoms with E-state index in [0.717, 1.165) is 31.4 Å². The summed E-state index contributed by atoms with van der Waals surface area (Å²) < 4.78 is 6.63. The van der Waals surface area contributed by atoms with Gasteiger partial charge >= 0.3 is 0 Å². The van der Waals surface area contributed by atoms with E-state index in [1.54, 1.807) is 16.8 Å². The number of hydrogen-bond acceptors (Lipinski definition) is 4. The molecule has 2 amide bonds. The van der Waals surface area contributed by atoms with Gasteiger partial charge in [-0.05, 0) is 18.9 Å². The Kier molecular flexibility index (Phi) is 5.68. The van der Waals surface area contributed by atoms with E-state index in [1.807, 2.05) is 23.1 Å². The van der Waals surface area contributed by atoms with Crippen molar-refractivity contribution in [2.75, 3.05) is 33.4 Å². The summed E-state index contributed by atoms with van der Waals surface area (Å²) >= 11 is 0. The van der Waals surface area contributed by atoms with Gasteiger partial charge in [0.15, 0.2) is 0 Å². The summed E-state index contributed by atoms with van der Waals surface area (Å²) in [4.78, 5) is 39.0. The lowest BCUT2D eigenvalue weighted by Crippen LogP contribution is -2.33. The molecule has 1 fully saturated rings. The maximum absolute atomic E-state index is 12.5. The highest BCUT2D eigenvalue weighted by atomic mass is 16.5. The first-order valence-electron chi connectivity index (χ1n) is 8.79. The van der Waals surface area contributed by atoms with Crippen LogP contribution in [0.1, 0.15) is 23.2 Å². The second kappa shape index (κ2) is 8.14. The van der Waals surface area contributed by atoms with Crippen LogP contribution in [0.2, 0.25) is 0 Å².